The summed E-state index contributed by atoms with van der Waals surface area (Å²) in [5, 5.41) is 2.10. The van der Waals surface area contributed by atoms with Crippen LogP contribution in [0.1, 0.15) is 5.56 Å². The number of hydrogen-bond acceptors (Lipinski definition) is 0. The SMILES string of the molecule is C=C/C=c1/[nH]cc(C)c1=C. The second-order valence-corrected chi connectivity index (χ2v) is 2.27. The molecule has 0 fully saturated rings. The second kappa shape index (κ2) is 2.56. The quantitative estimate of drug-likeness (QED) is 0.580. The van der Waals surface area contributed by atoms with E-state index in [0.717, 1.165) is 10.6 Å². The lowest BCUT2D eigenvalue weighted by Crippen LogP contribution is -2.21. The molecule has 0 saturated carbocycles. The Morgan fingerprint density at radius 2 is 2.30 bits per heavy atom. The van der Waals surface area contributed by atoms with E-state index in [1.165, 1.54) is 5.56 Å². The summed E-state index contributed by atoms with van der Waals surface area (Å²) in [6.07, 6.45) is 5.60. The minimum atomic E-state index is 1.05. The van der Waals surface area contributed by atoms with Gasteiger partial charge in [-0.25, -0.2) is 0 Å². The molecule has 0 spiro atoms. The molecule has 0 aromatic carbocycles. The maximum Gasteiger partial charge on any atom is 0.0450 e. The van der Waals surface area contributed by atoms with E-state index in [1.54, 1.807) is 6.08 Å². The molecule has 0 aliphatic rings. The first-order valence-corrected chi connectivity index (χ1v) is 3.21. The molecule has 0 aliphatic carbocycles. The van der Waals surface area contributed by atoms with Gasteiger partial charge in [0.05, 0.1) is 0 Å². The van der Waals surface area contributed by atoms with E-state index < -0.39 is 0 Å². The van der Waals surface area contributed by atoms with Crippen molar-refractivity contribution < 1.29 is 0 Å². The van der Waals surface area contributed by atoms with Crippen molar-refractivity contribution in [2.45, 2.75) is 6.92 Å². The van der Waals surface area contributed by atoms with Crippen LogP contribution in [0.3, 0.4) is 0 Å². The van der Waals surface area contributed by atoms with Crippen LogP contribution in [0.4, 0.5) is 0 Å². The standard InChI is InChI=1S/C9H11N/c1-4-5-9-8(3)7(2)6-10-9/h4-6,10H,1,3H2,2H3/b9-5+. The van der Waals surface area contributed by atoms with E-state index in [-0.39, 0.29) is 0 Å². The highest BCUT2D eigenvalue weighted by Crippen LogP contribution is 1.77. The van der Waals surface area contributed by atoms with Crippen LogP contribution in [0.15, 0.2) is 18.9 Å². The number of aryl methyl sites for hydroxylation is 1. The smallest absolute Gasteiger partial charge is 0.0450 e. The van der Waals surface area contributed by atoms with Crippen LogP contribution in [-0.2, 0) is 0 Å². The van der Waals surface area contributed by atoms with Crippen molar-refractivity contribution in [3.63, 3.8) is 0 Å². The van der Waals surface area contributed by atoms with Gasteiger partial charge in [-0.05, 0) is 23.8 Å². The molecule has 10 heavy (non-hydrogen) atoms. The molecule has 0 saturated heterocycles. The van der Waals surface area contributed by atoms with Crippen LogP contribution in [0.25, 0.3) is 12.7 Å². The van der Waals surface area contributed by atoms with Crippen molar-refractivity contribution in [3.05, 3.63) is 35.0 Å². The predicted molar refractivity (Wildman–Crippen MR) is 45.0 cm³/mol. The van der Waals surface area contributed by atoms with Gasteiger partial charge in [-0.15, -0.1) is 0 Å². The Morgan fingerprint density at radius 1 is 1.60 bits per heavy atom. The summed E-state index contributed by atoms with van der Waals surface area (Å²) in [5.41, 5.74) is 1.19. The normalized spacial score (nSPS) is 11.9. The van der Waals surface area contributed by atoms with E-state index in [2.05, 4.69) is 18.1 Å². The van der Waals surface area contributed by atoms with Crippen LogP contribution in [0.5, 0.6) is 0 Å². The molecule has 0 unspecified atom stereocenters. The molecule has 1 N–H and O–H groups in total. The molecular formula is C9H11N. The Labute approximate surface area is 60.4 Å². The summed E-state index contributed by atoms with van der Waals surface area (Å²) >= 11 is 0. The molecule has 0 amide bonds. The summed E-state index contributed by atoms with van der Waals surface area (Å²) in [6.45, 7) is 9.52. The monoisotopic (exact) mass is 133 g/mol. The van der Waals surface area contributed by atoms with Crippen LogP contribution >= 0.6 is 0 Å². The lowest BCUT2D eigenvalue weighted by Gasteiger charge is -1.75. The number of H-pyrrole nitrogens is 1. The number of rotatable bonds is 1. The summed E-state index contributed by atoms with van der Waals surface area (Å²) in [6, 6.07) is 0. The van der Waals surface area contributed by atoms with E-state index >= 15 is 0 Å². The van der Waals surface area contributed by atoms with Crippen molar-refractivity contribution >= 4 is 12.7 Å². The second-order valence-electron chi connectivity index (χ2n) is 2.27. The van der Waals surface area contributed by atoms with Crippen molar-refractivity contribution in [1.82, 2.24) is 4.98 Å². The Hall–Kier alpha value is -1.24. The first kappa shape index (κ1) is 6.87. The number of allylic oxidation sites excluding steroid dienone is 1. The zero-order valence-corrected chi connectivity index (χ0v) is 6.15. The van der Waals surface area contributed by atoms with Crippen molar-refractivity contribution in [2.75, 3.05) is 0 Å². The third-order valence-electron chi connectivity index (χ3n) is 1.53. The minimum Gasteiger partial charge on any atom is -0.361 e. The number of aromatic amines is 1. The fourth-order valence-corrected chi connectivity index (χ4v) is 0.839. The Bertz CT molecular complexity index is 330. The van der Waals surface area contributed by atoms with Crippen molar-refractivity contribution in [1.29, 1.82) is 0 Å². The molecule has 1 nitrogen and oxygen atoms in total. The lowest BCUT2D eigenvalue weighted by atomic mass is 10.3. The van der Waals surface area contributed by atoms with Gasteiger partial charge in [-0.3, -0.25) is 0 Å². The van der Waals surface area contributed by atoms with E-state index in [1.807, 2.05) is 19.2 Å². The van der Waals surface area contributed by atoms with Crippen LogP contribution in [0.2, 0.25) is 0 Å². The van der Waals surface area contributed by atoms with Gasteiger partial charge in [0, 0.05) is 11.5 Å². The molecule has 1 aromatic heterocycles. The first-order valence-electron chi connectivity index (χ1n) is 3.21. The van der Waals surface area contributed by atoms with Gasteiger partial charge in [-0.2, -0.15) is 0 Å². The third-order valence-corrected chi connectivity index (χ3v) is 1.53. The highest BCUT2D eigenvalue weighted by Gasteiger charge is 1.86. The van der Waals surface area contributed by atoms with Gasteiger partial charge >= 0.3 is 0 Å². The topological polar surface area (TPSA) is 15.8 Å². The van der Waals surface area contributed by atoms with E-state index in [4.69, 9.17) is 0 Å². The number of nitrogens with one attached hydrogen (secondary N) is 1. The predicted octanol–water partition coefficient (Wildman–Crippen LogP) is 0.700. The summed E-state index contributed by atoms with van der Waals surface area (Å²) in [4.78, 5) is 3.09. The van der Waals surface area contributed by atoms with Gasteiger partial charge in [0.2, 0.25) is 0 Å². The van der Waals surface area contributed by atoms with Gasteiger partial charge in [0.25, 0.3) is 0 Å². The van der Waals surface area contributed by atoms with E-state index in [0.29, 0.717) is 0 Å². The largest absolute Gasteiger partial charge is 0.361 e. The number of hydrogen-bond donors (Lipinski definition) is 1. The molecule has 0 radical (unpaired) electrons. The maximum absolute atomic E-state index is 3.89. The Kier molecular flexibility index (Phi) is 1.76. The van der Waals surface area contributed by atoms with Gasteiger partial charge in [-0.1, -0.05) is 19.2 Å². The molecule has 1 heterocycles. The number of aromatic nitrogens is 1. The van der Waals surface area contributed by atoms with E-state index in [9.17, 15) is 0 Å². The average molecular weight is 133 g/mol. The van der Waals surface area contributed by atoms with Gasteiger partial charge in [0.15, 0.2) is 0 Å². The van der Waals surface area contributed by atoms with Gasteiger partial charge < -0.3 is 4.98 Å². The van der Waals surface area contributed by atoms with Crippen molar-refractivity contribution in [2.24, 2.45) is 0 Å². The zero-order chi connectivity index (χ0) is 7.56. The maximum atomic E-state index is 3.89. The minimum absolute atomic E-state index is 1.05. The summed E-state index contributed by atoms with van der Waals surface area (Å²) < 4.78 is 0. The van der Waals surface area contributed by atoms with Crippen molar-refractivity contribution in [3.8, 4) is 0 Å². The lowest BCUT2D eigenvalue weighted by molar-refractivity contribution is 1.32. The molecule has 1 heteroatoms. The highest BCUT2D eigenvalue weighted by atomic mass is 14.6. The molecule has 0 aliphatic heterocycles. The fraction of sp³-hybridized carbons (Fsp3) is 0.111. The van der Waals surface area contributed by atoms with Crippen LogP contribution in [0, 0.1) is 6.92 Å². The zero-order valence-electron chi connectivity index (χ0n) is 6.15. The van der Waals surface area contributed by atoms with Crippen LogP contribution < -0.4 is 10.6 Å². The molecule has 52 valence electrons. The third kappa shape index (κ3) is 1.03. The fourth-order valence-electron chi connectivity index (χ4n) is 0.839. The summed E-state index contributed by atoms with van der Waals surface area (Å²) in [5.74, 6) is 0. The molecule has 1 aromatic rings. The summed E-state index contributed by atoms with van der Waals surface area (Å²) in [7, 11) is 0. The highest BCUT2D eigenvalue weighted by molar-refractivity contribution is 5.35. The molecule has 0 atom stereocenters. The van der Waals surface area contributed by atoms with Gasteiger partial charge in [0.1, 0.15) is 0 Å². The molecular weight excluding hydrogens is 122 g/mol. The molecule has 1 rings (SSSR count). The Balaban J connectivity index is 3.45. The average Bonchev–Trinajstić information content (AvgIpc) is 2.20. The van der Waals surface area contributed by atoms with Crippen LogP contribution in [-0.4, -0.2) is 4.98 Å². The first-order chi connectivity index (χ1) is 4.75. The Morgan fingerprint density at radius 3 is 2.70 bits per heavy atom. The molecule has 0 bridgehead atoms.